The van der Waals surface area contributed by atoms with E-state index in [-0.39, 0.29) is 17.5 Å². The summed E-state index contributed by atoms with van der Waals surface area (Å²) in [6.07, 6.45) is 0.326. The third kappa shape index (κ3) is 4.30. The Balaban J connectivity index is 1.57. The number of aliphatic hydroxyl groups is 1. The second-order valence-corrected chi connectivity index (χ2v) is 6.08. The summed E-state index contributed by atoms with van der Waals surface area (Å²) in [6, 6.07) is 16.7. The van der Waals surface area contributed by atoms with Crippen molar-refractivity contribution in [3.8, 4) is 5.75 Å². The molecule has 2 unspecified atom stereocenters. The van der Waals surface area contributed by atoms with E-state index in [4.69, 9.17) is 4.74 Å². The molecule has 0 saturated carbocycles. The number of para-hydroxylation sites is 1. The Bertz CT molecular complexity index is 620. The van der Waals surface area contributed by atoms with E-state index in [1.54, 1.807) is 18.2 Å². The molecule has 1 aliphatic rings. The summed E-state index contributed by atoms with van der Waals surface area (Å²) >= 11 is 0. The maximum Gasteiger partial charge on any atom is 0.165 e. The Morgan fingerprint density at radius 1 is 1.09 bits per heavy atom. The lowest BCUT2D eigenvalue weighted by molar-refractivity contribution is 0.00230. The summed E-state index contributed by atoms with van der Waals surface area (Å²) < 4.78 is 19.2. The van der Waals surface area contributed by atoms with Gasteiger partial charge in [-0.3, -0.25) is 4.90 Å². The van der Waals surface area contributed by atoms with Crippen LogP contribution in [0.4, 0.5) is 4.39 Å². The summed E-state index contributed by atoms with van der Waals surface area (Å²) in [5.41, 5.74) is 1.26. The third-order valence-electron chi connectivity index (χ3n) is 4.32. The fourth-order valence-electron chi connectivity index (χ4n) is 3.00. The Hall–Kier alpha value is -1.91. The molecule has 23 heavy (non-hydrogen) atoms. The van der Waals surface area contributed by atoms with Crippen LogP contribution in [0.2, 0.25) is 0 Å². The fourth-order valence-corrected chi connectivity index (χ4v) is 3.00. The molecule has 0 bridgehead atoms. The topological polar surface area (TPSA) is 32.7 Å². The highest BCUT2D eigenvalue weighted by molar-refractivity contribution is 5.23. The summed E-state index contributed by atoms with van der Waals surface area (Å²) in [5.74, 6) is -0.120. The minimum Gasteiger partial charge on any atom is -0.490 e. The van der Waals surface area contributed by atoms with E-state index in [2.05, 4.69) is 17.0 Å². The standard InChI is InChI=1S/C19H22FNO2/c20-17-8-4-5-9-19(17)23-14-16-13-21(11-10-18(16)22)12-15-6-2-1-3-7-15/h1-9,16,18,22H,10-14H2. The Labute approximate surface area is 136 Å². The van der Waals surface area contributed by atoms with Crippen molar-refractivity contribution in [2.24, 2.45) is 5.92 Å². The number of hydrogen-bond donors (Lipinski definition) is 1. The second-order valence-electron chi connectivity index (χ2n) is 6.08. The van der Waals surface area contributed by atoms with Gasteiger partial charge in [-0.2, -0.15) is 0 Å². The van der Waals surface area contributed by atoms with Gasteiger partial charge in [0.15, 0.2) is 11.6 Å². The first-order valence-electron chi connectivity index (χ1n) is 8.04. The number of benzene rings is 2. The van der Waals surface area contributed by atoms with Crippen LogP contribution in [0.25, 0.3) is 0 Å². The molecule has 0 aromatic heterocycles. The van der Waals surface area contributed by atoms with Gasteiger partial charge in [-0.25, -0.2) is 4.39 Å². The van der Waals surface area contributed by atoms with E-state index in [0.717, 1.165) is 26.1 Å². The molecule has 2 atom stereocenters. The molecule has 1 fully saturated rings. The molecule has 122 valence electrons. The molecule has 2 aromatic carbocycles. The van der Waals surface area contributed by atoms with Gasteiger partial charge in [0.1, 0.15) is 0 Å². The molecule has 3 rings (SSSR count). The van der Waals surface area contributed by atoms with Crippen molar-refractivity contribution in [2.75, 3.05) is 19.7 Å². The predicted molar refractivity (Wildman–Crippen MR) is 87.7 cm³/mol. The SMILES string of the molecule is OC1CCN(Cc2ccccc2)CC1COc1ccccc1F. The number of aliphatic hydroxyl groups excluding tert-OH is 1. The minimum atomic E-state index is -0.395. The van der Waals surface area contributed by atoms with Gasteiger partial charge >= 0.3 is 0 Å². The molecule has 0 amide bonds. The van der Waals surface area contributed by atoms with E-state index >= 15 is 0 Å². The molecule has 2 aromatic rings. The van der Waals surface area contributed by atoms with Crippen LogP contribution in [-0.2, 0) is 6.54 Å². The number of nitrogens with zero attached hydrogens (tertiary/aromatic N) is 1. The molecule has 1 saturated heterocycles. The number of likely N-dealkylation sites (tertiary alicyclic amines) is 1. The summed E-state index contributed by atoms with van der Waals surface area (Å²) in [6.45, 7) is 2.81. The van der Waals surface area contributed by atoms with Crippen LogP contribution in [0.5, 0.6) is 5.75 Å². The van der Waals surface area contributed by atoms with Gasteiger partial charge in [0.25, 0.3) is 0 Å². The van der Waals surface area contributed by atoms with Crippen molar-refractivity contribution in [1.82, 2.24) is 4.90 Å². The molecular weight excluding hydrogens is 293 g/mol. The van der Waals surface area contributed by atoms with E-state index in [0.29, 0.717) is 6.61 Å². The molecule has 4 heteroatoms. The highest BCUT2D eigenvalue weighted by atomic mass is 19.1. The van der Waals surface area contributed by atoms with Gasteiger partial charge in [0.2, 0.25) is 0 Å². The van der Waals surface area contributed by atoms with Crippen molar-refractivity contribution in [2.45, 2.75) is 19.1 Å². The van der Waals surface area contributed by atoms with Crippen LogP contribution < -0.4 is 4.74 Å². The van der Waals surface area contributed by atoms with E-state index < -0.39 is 6.10 Å². The van der Waals surface area contributed by atoms with Crippen LogP contribution in [0.15, 0.2) is 54.6 Å². The monoisotopic (exact) mass is 315 g/mol. The van der Waals surface area contributed by atoms with Crippen LogP contribution in [0.1, 0.15) is 12.0 Å². The van der Waals surface area contributed by atoms with Gasteiger partial charge < -0.3 is 9.84 Å². The quantitative estimate of drug-likeness (QED) is 0.920. The minimum absolute atomic E-state index is 0.00734. The maximum atomic E-state index is 13.6. The molecule has 1 N–H and O–H groups in total. The van der Waals surface area contributed by atoms with Crippen LogP contribution in [0, 0.1) is 11.7 Å². The lowest BCUT2D eigenvalue weighted by Crippen LogP contribution is -2.45. The number of hydrogen-bond acceptors (Lipinski definition) is 3. The fraction of sp³-hybridized carbons (Fsp3) is 0.368. The van der Waals surface area contributed by atoms with Crippen molar-refractivity contribution in [1.29, 1.82) is 0 Å². The van der Waals surface area contributed by atoms with Crippen molar-refractivity contribution < 1.29 is 14.2 Å². The lowest BCUT2D eigenvalue weighted by atomic mass is 9.95. The van der Waals surface area contributed by atoms with Crippen molar-refractivity contribution in [3.05, 3.63) is 66.0 Å². The Morgan fingerprint density at radius 2 is 1.83 bits per heavy atom. The number of halogens is 1. The van der Waals surface area contributed by atoms with Gasteiger partial charge in [0, 0.05) is 25.6 Å². The summed E-state index contributed by atoms with van der Waals surface area (Å²) in [7, 11) is 0. The second kappa shape index (κ2) is 7.57. The van der Waals surface area contributed by atoms with Crippen molar-refractivity contribution >= 4 is 0 Å². The average Bonchev–Trinajstić information content (AvgIpc) is 2.57. The molecule has 1 aliphatic heterocycles. The Kier molecular flexibility index (Phi) is 5.26. The highest BCUT2D eigenvalue weighted by Gasteiger charge is 2.28. The molecule has 0 radical (unpaired) electrons. The first kappa shape index (κ1) is 16.0. The zero-order valence-corrected chi connectivity index (χ0v) is 13.1. The number of rotatable bonds is 5. The van der Waals surface area contributed by atoms with Crippen molar-refractivity contribution in [3.63, 3.8) is 0 Å². The maximum absolute atomic E-state index is 13.6. The van der Waals surface area contributed by atoms with Crippen LogP contribution in [-0.4, -0.2) is 35.8 Å². The number of piperidine rings is 1. The van der Waals surface area contributed by atoms with E-state index in [1.807, 2.05) is 18.2 Å². The summed E-state index contributed by atoms with van der Waals surface area (Å²) in [5, 5.41) is 10.2. The van der Waals surface area contributed by atoms with Gasteiger partial charge in [-0.05, 0) is 24.1 Å². The first-order valence-corrected chi connectivity index (χ1v) is 8.04. The zero-order chi connectivity index (χ0) is 16.1. The van der Waals surface area contributed by atoms with Gasteiger partial charge in [-0.15, -0.1) is 0 Å². The lowest BCUT2D eigenvalue weighted by Gasteiger charge is -2.36. The predicted octanol–water partition coefficient (Wildman–Crippen LogP) is 3.09. The van der Waals surface area contributed by atoms with Crippen LogP contribution >= 0.6 is 0 Å². The smallest absolute Gasteiger partial charge is 0.165 e. The van der Waals surface area contributed by atoms with E-state index in [1.165, 1.54) is 11.6 Å². The molecule has 3 nitrogen and oxygen atoms in total. The Morgan fingerprint density at radius 3 is 2.61 bits per heavy atom. The third-order valence-corrected chi connectivity index (χ3v) is 4.32. The normalized spacial score (nSPS) is 22.0. The molecule has 0 aliphatic carbocycles. The highest BCUT2D eigenvalue weighted by Crippen LogP contribution is 2.22. The number of ether oxygens (including phenoxy) is 1. The van der Waals surface area contributed by atoms with Gasteiger partial charge in [-0.1, -0.05) is 42.5 Å². The molecular formula is C19H22FNO2. The first-order chi connectivity index (χ1) is 11.2. The average molecular weight is 315 g/mol. The molecule has 1 heterocycles. The van der Waals surface area contributed by atoms with E-state index in [9.17, 15) is 9.50 Å². The van der Waals surface area contributed by atoms with Gasteiger partial charge in [0.05, 0.1) is 12.7 Å². The largest absolute Gasteiger partial charge is 0.490 e. The van der Waals surface area contributed by atoms with Crippen LogP contribution in [0.3, 0.4) is 0 Å². The zero-order valence-electron chi connectivity index (χ0n) is 13.1. The molecule has 0 spiro atoms. The summed E-state index contributed by atoms with van der Waals surface area (Å²) in [4.78, 5) is 2.32.